The largest absolute Gasteiger partial charge is 0.332 e. The number of anilines is 3. The van der Waals surface area contributed by atoms with Crippen LogP contribution in [0, 0.1) is 5.82 Å². The van der Waals surface area contributed by atoms with Crippen LogP contribution in [0.5, 0.6) is 0 Å². The van der Waals surface area contributed by atoms with Crippen LogP contribution in [0.4, 0.5) is 21.5 Å². The minimum absolute atomic E-state index is 0.187. The Hall–Kier alpha value is -2.90. The molecule has 0 radical (unpaired) electrons. The standard InChI is InChI=1S/C21H18FN3OS2/c22-18-8-4-5-9-19(18)25-20(26)14-28-17-12-10-16(11-13-17)24-21(27)23-15-6-2-1-3-7-15/h1-13H,14H2,(H,25,26)(H2,23,24,27). The molecule has 0 atom stereocenters. The molecule has 0 saturated carbocycles. The second-order valence-corrected chi connectivity index (χ2v) is 7.24. The van der Waals surface area contributed by atoms with Crippen molar-refractivity contribution >= 4 is 52.1 Å². The summed E-state index contributed by atoms with van der Waals surface area (Å²) in [6, 6.07) is 23.3. The first-order valence-corrected chi connectivity index (χ1v) is 9.90. The fourth-order valence-electron chi connectivity index (χ4n) is 2.35. The fraction of sp³-hybridized carbons (Fsp3) is 0.0476. The number of rotatable bonds is 6. The molecule has 28 heavy (non-hydrogen) atoms. The molecule has 0 aliphatic rings. The minimum Gasteiger partial charge on any atom is -0.332 e. The first kappa shape index (κ1) is 19.9. The molecule has 3 aromatic rings. The zero-order chi connectivity index (χ0) is 19.8. The number of carbonyl (C=O) groups excluding carboxylic acids is 1. The Morgan fingerprint density at radius 3 is 2.11 bits per heavy atom. The molecule has 3 N–H and O–H groups in total. The van der Waals surface area contributed by atoms with Gasteiger partial charge in [-0.05, 0) is 60.7 Å². The van der Waals surface area contributed by atoms with E-state index in [9.17, 15) is 9.18 Å². The number of para-hydroxylation sites is 2. The molecule has 0 aliphatic carbocycles. The maximum absolute atomic E-state index is 13.6. The molecule has 4 nitrogen and oxygen atoms in total. The SMILES string of the molecule is O=C(CSc1ccc(NC(=S)Nc2ccccc2)cc1)Nc1ccccc1F. The summed E-state index contributed by atoms with van der Waals surface area (Å²) in [7, 11) is 0. The summed E-state index contributed by atoms with van der Waals surface area (Å²) >= 11 is 6.67. The van der Waals surface area contributed by atoms with Gasteiger partial charge in [-0.15, -0.1) is 11.8 Å². The van der Waals surface area contributed by atoms with Crippen LogP contribution in [-0.2, 0) is 4.79 Å². The second kappa shape index (κ2) is 9.87. The molecule has 0 bridgehead atoms. The molecule has 3 aromatic carbocycles. The smallest absolute Gasteiger partial charge is 0.234 e. The molecule has 0 spiro atoms. The van der Waals surface area contributed by atoms with E-state index in [1.807, 2.05) is 54.6 Å². The van der Waals surface area contributed by atoms with Crippen LogP contribution in [0.15, 0.2) is 83.8 Å². The Morgan fingerprint density at radius 2 is 1.43 bits per heavy atom. The van der Waals surface area contributed by atoms with Gasteiger partial charge in [-0.25, -0.2) is 4.39 Å². The van der Waals surface area contributed by atoms with Crippen molar-refractivity contribution in [2.75, 3.05) is 21.7 Å². The highest BCUT2D eigenvalue weighted by Gasteiger charge is 2.07. The van der Waals surface area contributed by atoms with Gasteiger partial charge in [-0.3, -0.25) is 4.79 Å². The molecule has 0 fully saturated rings. The lowest BCUT2D eigenvalue weighted by Crippen LogP contribution is -2.18. The van der Waals surface area contributed by atoms with E-state index >= 15 is 0 Å². The van der Waals surface area contributed by atoms with Crippen LogP contribution in [0.1, 0.15) is 0 Å². The van der Waals surface area contributed by atoms with E-state index in [0.29, 0.717) is 5.11 Å². The lowest BCUT2D eigenvalue weighted by atomic mass is 10.3. The molecule has 0 aromatic heterocycles. The Labute approximate surface area is 172 Å². The minimum atomic E-state index is -0.448. The second-order valence-electron chi connectivity index (χ2n) is 5.79. The summed E-state index contributed by atoms with van der Waals surface area (Å²) < 4.78 is 13.6. The lowest BCUT2D eigenvalue weighted by Gasteiger charge is -2.11. The Balaban J connectivity index is 1.47. The number of amides is 1. The van der Waals surface area contributed by atoms with Gasteiger partial charge in [0.05, 0.1) is 11.4 Å². The number of thioether (sulfide) groups is 1. The predicted octanol–water partition coefficient (Wildman–Crippen LogP) is 5.37. The fourth-order valence-corrected chi connectivity index (χ4v) is 3.28. The molecule has 0 unspecified atom stereocenters. The van der Waals surface area contributed by atoms with Gasteiger partial charge in [-0.1, -0.05) is 30.3 Å². The first-order valence-electron chi connectivity index (χ1n) is 8.50. The van der Waals surface area contributed by atoms with Crippen LogP contribution in [-0.4, -0.2) is 16.8 Å². The molecular weight excluding hydrogens is 393 g/mol. The molecule has 3 rings (SSSR count). The van der Waals surface area contributed by atoms with Crippen molar-refractivity contribution in [3.05, 3.63) is 84.7 Å². The average molecular weight is 412 g/mol. The first-order chi connectivity index (χ1) is 13.6. The van der Waals surface area contributed by atoms with Crippen LogP contribution >= 0.6 is 24.0 Å². The maximum atomic E-state index is 13.6. The van der Waals surface area contributed by atoms with E-state index < -0.39 is 5.82 Å². The van der Waals surface area contributed by atoms with Crippen molar-refractivity contribution in [1.29, 1.82) is 0 Å². The summed E-state index contributed by atoms with van der Waals surface area (Å²) in [6.45, 7) is 0. The van der Waals surface area contributed by atoms with Gasteiger partial charge in [-0.2, -0.15) is 0 Å². The van der Waals surface area contributed by atoms with Crippen molar-refractivity contribution in [3.63, 3.8) is 0 Å². The molecule has 0 aliphatic heterocycles. The van der Waals surface area contributed by atoms with Gasteiger partial charge in [0.2, 0.25) is 5.91 Å². The Bertz CT molecular complexity index is 949. The highest BCUT2D eigenvalue weighted by molar-refractivity contribution is 8.00. The lowest BCUT2D eigenvalue weighted by molar-refractivity contribution is -0.113. The van der Waals surface area contributed by atoms with Crippen molar-refractivity contribution in [1.82, 2.24) is 0 Å². The summed E-state index contributed by atoms with van der Waals surface area (Å²) in [5, 5.41) is 9.28. The third-order valence-electron chi connectivity index (χ3n) is 3.66. The third kappa shape index (κ3) is 6.07. The van der Waals surface area contributed by atoms with E-state index in [0.717, 1.165) is 16.3 Å². The van der Waals surface area contributed by atoms with E-state index in [-0.39, 0.29) is 17.3 Å². The summed E-state index contributed by atoms with van der Waals surface area (Å²) in [5.74, 6) is -0.517. The van der Waals surface area contributed by atoms with Crippen LogP contribution < -0.4 is 16.0 Å². The van der Waals surface area contributed by atoms with E-state index in [2.05, 4.69) is 16.0 Å². The topological polar surface area (TPSA) is 53.2 Å². The molecule has 0 saturated heterocycles. The third-order valence-corrected chi connectivity index (χ3v) is 4.88. The monoisotopic (exact) mass is 411 g/mol. The normalized spacial score (nSPS) is 10.2. The number of halogens is 1. The van der Waals surface area contributed by atoms with Gasteiger partial charge in [0.15, 0.2) is 5.11 Å². The van der Waals surface area contributed by atoms with Crippen molar-refractivity contribution < 1.29 is 9.18 Å². The number of thiocarbonyl (C=S) groups is 1. The number of carbonyl (C=O) groups is 1. The summed E-state index contributed by atoms with van der Waals surface area (Å²) in [5.41, 5.74) is 1.94. The number of nitrogens with one attached hydrogen (secondary N) is 3. The van der Waals surface area contributed by atoms with Crippen LogP contribution in [0.2, 0.25) is 0 Å². The van der Waals surface area contributed by atoms with Gasteiger partial charge in [0.1, 0.15) is 5.82 Å². The van der Waals surface area contributed by atoms with Gasteiger partial charge in [0.25, 0.3) is 0 Å². The Kier molecular flexibility index (Phi) is 7.00. The van der Waals surface area contributed by atoms with Gasteiger partial charge in [0, 0.05) is 16.3 Å². The zero-order valence-corrected chi connectivity index (χ0v) is 16.4. The van der Waals surface area contributed by atoms with Crippen molar-refractivity contribution in [2.45, 2.75) is 4.90 Å². The van der Waals surface area contributed by atoms with Crippen LogP contribution in [0.3, 0.4) is 0 Å². The number of benzene rings is 3. The van der Waals surface area contributed by atoms with Gasteiger partial charge < -0.3 is 16.0 Å². The molecular formula is C21H18FN3OS2. The van der Waals surface area contributed by atoms with E-state index in [4.69, 9.17) is 12.2 Å². The van der Waals surface area contributed by atoms with Gasteiger partial charge >= 0.3 is 0 Å². The summed E-state index contributed by atoms with van der Waals surface area (Å²) in [6.07, 6.45) is 0. The van der Waals surface area contributed by atoms with E-state index in [1.165, 1.54) is 23.9 Å². The molecule has 142 valence electrons. The van der Waals surface area contributed by atoms with Crippen molar-refractivity contribution in [3.8, 4) is 0 Å². The van der Waals surface area contributed by atoms with E-state index in [1.54, 1.807) is 12.1 Å². The molecule has 1 amide bonds. The summed E-state index contributed by atoms with van der Waals surface area (Å²) in [4.78, 5) is 12.9. The Morgan fingerprint density at radius 1 is 0.821 bits per heavy atom. The number of hydrogen-bond donors (Lipinski definition) is 3. The highest BCUT2D eigenvalue weighted by Crippen LogP contribution is 2.21. The molecule has 0 heterocycles. The van der Waals surface area contributed by atoms with Crippen LogP contribution in [0.25, 0.3) is 0 Å². The average Bonchev–Trinajstić information content (AvgIpc) is 2.70. The predicted molar refractivity (Wildman–Crippen MR) is 118 cm³/mol. The number of hydrogen-bond acceptors (Lipinski definition) is 3. The maximum Gasteiger partial charge on any atom is 0.234 e. The van der Waals surface area contributed by atoms with Crippen molar-refractivity contribution in [2.24, 2.45) is 0 Å². The molecule has 7 heteroatoms. The quantitative estimate of drug-likeness (QED) is 0.376. The highest BCUT2D eigenvalue weighted by atomic mass is 32.2. The zero-order valence-electron chi connectivity index (χ0n) is 14.8.